The number of aromatic carboxylic acids is 1. The van der Waals surface area contributed by atoms with E-state index < -0.39 is 16.0 Å². The van der Waals surface area contributed by atoms with E-state index in [4.69, 9.17) is 0 Å². The van der Waals surface area contributed by atoms with E-state index in [1.165, 1.54) is 18.2 Å². The Bertz CT molecular complexity index is 923. The number of benzene rings is 2. The maximum Gasteiger partial charge on any atom is 0.335 e. The molecule has 3 N–H and O–H groups in total. The molecule has 0 radical (unpaired) electrons. The van der Waals surface area contributed by atoms with Crippen molar-refractivity contribution in [2.75, 3.05) is 5.32 Å². The lowest BCUT2D eigenvalue weighted by atomic mass is 9.96. The molecule has 1 saturated carbocycles. The Morgan fingerprint density at radius 2 is 1.75 bits per heavy atom. The number of sulfonamides is 1. The van der Waals surface area contributed by atoms with E-state index in [2.05, 4.69) is 10.0 Å². The van der Waals surface area contributed by atoms with Gasteiger partial charge < -0.3 is 10.4 Å². The van der Waals surface area contributed by atoms with Crippen molar-refractivity contribution in [2.45, 2.75) is 56.0 Å². The van der Waals surface area contributed by atoms with Crippen molar-refractivity contribution in [2.24, 2.45) is 0 Å². The summed E-state index contributed by atoms with van der Waals surface area (Å²) in [4.78, 5) is 11.4. The molecule has 0 bridgehead atoms. The van der Waals surface area contributed by atoms with Crippen LogP contribution in [0.15, 0.2) is 53.4 Å². The van der Waals surface area contributed by atoms with Crippen molar-refractivity contribution in [1.82, 2.24) is 4.72 Å². The predicted molar refractivity (Wildman–Crippen MR) is 109 cm³/mol. The first kappa shape index (κ1) is 20.4. The van der Waals surface area contributed by atoms with Crippen LogP contribution in [0.3, 0.4) is 0 Å². The van der Waals surface area contributed by atoms with Gasteiger partial charge in [-0.15, -0.1) is 0 Å². The monoisotopic (exact) mass is 402 g/mol. The van der Waals surface area contributed by atoms with Gasteiger partial charge >= 0.3 is 5.97 Å². The van der Waals surface area contributed by atoms with Crippen molar-refractivity contribution in [1.29, 1.82) is 0 Å². The van der Waals surface area contributed by atoms with Crippen molar-refractivity contribution in [3.05, 3.63) is 59.7 Å². The number of rotatable bonds is 7. The molecule has 0 heterocycles. The Balaban J connectivity index is 1.92. The van der Waals surface area contributed by atoms with E-state index in [-0.39, 0.29) is 22.5 Å². The third kappa shape index (κ3) is 4.91. The van der Waals surface area contributed by atoms with Gasteiger partial charge in [0, 0.05) is 12.1 Å². The average molecular weight is 403 g/mol. The first-order valence-corrected chi connectivity index (χ1v) is 11.1. The van der Waals surface area contributed by atoms with Gasteiger partial charge in [0.1, 0.15) is 4.90 Å². The third-order valence-electron chi connectivity index (χ3n) is 5.12. The number of carboxylic acids is 1. The minimum atomic E-state index is -3.85. The maximum atomic E-state index is 13.1. The molecular weight excluding hydrogens is 376 g/mol. The van der Waals surface area contributed by atoms with E-state index >= 15 is 0 Å². The van der Waals surface area contributed by atoms with Gasteiger partial charge in [-0.05, 0) is 43.5 Å². The molecule has 0 spiro atoms. The summed E-state index contributed by atoms with van der Waals surface area (Å²) >= 11 is 0. The summed E-state index contributed by atoms with van der Waals surface area (Å²) in [6.07, 6.45) is 4.73. The van der Waals surface area contributed by atoms with Crippen LogP contribution >= 0.6 is 0 Å². The minimum Gasteiger partial charge on any atom is -0.478 e. The molecule has 28 heavy (non-hydrogen) atoms. The molecule has 0 aromatic heterocycles. The molecule has 0 amide bonds. The second kappa shape index (κ2) is 8.75. The molecule has 6 nitrogen and oxygen atoms in total. The fourth-order valence-corrected chi connectivity index (χ4v) is 5.06. The summed E-state index contributed by atoms with van der Waals surface area (Å²) in [5.41, 5.74) is 1.35. The highest BCUT2D eigenvalue weighted by atomic mass is 32.2. The smallest absolute Gasteiger partial charge is 0.335 e. The van der Waals surface area contributed by atoms with Crippen LogP contribution in [0.2, 0.25) is 0 Å². The summed E-state index contributed by atoms with van der Waals surface area (Å²) in [5.74, 6) is -1.16. The molecule has 1 aliphatic carbocycles. The molecule has 150 valence electrons. The van der Waals surface area contributed by atoms with Gasteiger partial charge in [-0.1, -0.05) is 49.6 Å². The molecule has 1 aliphatic rings. The normalized spacial score (nSPS) is 16.5. The van der Waals surface area contributed by atoms with Crippen LogP contribution < -0.4 is 10.0 Å². The molecule has 0 unspecified atom stereocenters. The molecule has 3 rings (SSSR count). The van der Waals surface area contributed by atoms with E-state index in [1.54, 1.807) is 0 Å². The maximum absolute atomic E-state index is 13.1. The molecule has 1 atom stereocenters. The number of anilines is 1. The van der Waals surface area contributed by atoms with Gasteiger partial charge in [-0.3, -0.25) is 0 Å². The first-order valence-electron chi connectivity index (χ1n) is 9.58. The zero-order valence-corrected chi connectivity index (χ0v) is 16.7. The van der Waals surface area contributed by atoms with Crippen LogP contribution in [0, 0.1) is 0 Å². The van der Waals surface area contributed by atoms with Gasteiger partial charge in [0.25, 0.3) is 0 Å². The van der Waals surface area contributed by atoms with Crippen LogP contribution in [-0.2, 0) is 10.0 Å². The summed E-state index contributed by atoms with van der Waals surface area (Å²) in [5, 5.41) is 12.5. The predicted octanol–water partition coefficient (Wildman–Crippen LogP) is 4.17. The van der Waals surface area contributed by atoms with Crippen molar-refractivity contribution < 1.29 is 18.3 Å². The first-order chi connectivity index (χ1) is 13.4. The van der Waals surface area contributed by atoms with Crippen LogP contribution in [-0.4, -0.2) is 25.5 Å². The Hall–Kier alpha value is -2.38. The Labute approximate surface area is 166 Å². The molecule has 0 aliphatic heterocycles. The Kier molecular flexibility index (Phi) is 6.36. The molecule has 7 heteroatoms. The number of carboxylic acid groups (broad SMARTS) is 1. The number of hydrogen-bond acceptors (Lipinski definition) is 4. The van der Waals surface area contributed by atoms with Crippen molar-refractivity contribution in [3.8, 4) is 0 Å². The molecule has 2 aromatic rings. The number of nitrogens with one attached hydrogen (secondary N) is 2. The SMILES string of the molecule is C[C@H](Nc1ccc(C(=O)O)cc1S(=O)(=O)NC1CCCCC1)c1ccccc1. The van der Waals surface area contributed by atoms with E-state index in [9.17, 15) is 18.3 Å². The summed E-state index contributed by atoms with van der Waals surface area (Å²) in [6.45, 7) is 1.94. The van der Waals surface area contributed by atoms with Crippen LogP contribution in [0.4, 0.5) is 5.69 Å². The molecule has 2 aromatic carbocycles. The highest BCUT2D eigenvalue weighted by Crippen LogP contribution is 2.28. The molecule has 1 fully saturated rings. The van der Waals surface area contributed by atoms with E-state index in [0.717, 1.165) is 37.7 Å². The van der Waals surface area contributed by atoms with Crippen LogP contribution in [0.5, 0.6) is 0 Å². The largest absolute Gasteiger partial charge is 0.478 e. The Morgan fingerprint density at radius 3 is 2.39 bits per heavy atom. The van der Waals surface area contributed by atoms with Gasteiger partial charge in [0.15, 0.2) is 0 Å². The minimum absolute atomic E-state index is 0.0271. The topological polar surface area (TPSA) is 95.5 Å². The van der Waals surface area contributed by atoms with Gasteiger partial charge in [0.2, 0.25) is 10.0 Å². The Morgan fingerprint density at radius 1 is 1.07 bits per heavy atom. The highest BCUT2D eigenvalue weighted by molar-refractivity contribution is 7.89. The van der Waals surface area contributed by atoms with Gasteiger partial charge in [0.05, 0.1) is 11.3 Å². The highest BCUT2D eigenvalue weighted by Gasteiger charge is 2.26. The van der Waals surface area contributed by atoms with Crippen LogP contribution in [0.1, 0.15) is 61.0 Å². The zero-order chi connectivity index (χ0) is 20.1. The fraction of sp³-hybridized carbons (Fsp3) is 0.381. The lowest BCUT2D eigenvalue weighted by Crippen LogP contribution is -2.36. The number of carbonyl (C=O) groups is 1. The van der Waals surface area contributed by atoms with Crippen LogP contribution in [0.25, 0.3) is 0 Å². The lowest BCUT2D eigenvalue weighted by molar-refractivity contribution is 0.0696. The summed E-state index contributed by atoms with van der Waals surface area (Å²) in [6, 6.07) is 13.6. The van der Waals surface area contributed by atoms with Gasteiger partial charge in [-0.2, -0.15) is 0 Å². The van der Waals surface area contributed by atoms with Crippen molar-refractivity contribution in [3.63, 3.8) is 0 Å². The lowest BCUT2D eigenvalue weighted by Gasteiger charge is -2.24. The van der Waals surface area contributed by atoms with E-state index in [1.807, 2.05) is 37.3 Å². The zero-order valence-electron chi connectivity index (χ0n) is 15.9. The average Bonchev–Trinajstić information content (AvgIpc) is 2.69. The summed E-state index contributed by atoms with van der Waals surface area (Å²) < 4.78 is 28.9. The standard InChI is InChI=1S/C21H26N2O4S/c1-15(16-8-4-2-5-9-16)22-19-13-12-17(21(24)25)14-20(19)28(26,27)23-18-10-6-3-7-11-18/h2,4-5,8-9,12-15,18,22-23H,3,6-7,10-11H2,1H3,(H,24,25)/t15-/m0/s1. The van der Waals surface area contributed by atoms with E-state index in [0.29, 0.717) is 5.69 Å². The molecular formula is C21H26N2O4S. The second-order valence-corrected chi connectivity index (χ2v) is 8.93. The van der Waals surface area contributed by atoms with Gasteiger partial charge in [-0.25, -0.2) is 17.9 Å². The quantitative estimate of drug-likeness (QED) is 0.646. The number of hydrogen-bond donors (Lipinski definition) is 3. The van der Waals surface area contributed by atoms with Crippen molar-refractivity contribution >= 4 is 21.7 Å². The summed E-state index contributed by atoms with van der Waals surface area (Å²) in [7, 11) is -3.85. The fourth-order valence-electron chi connectivity index (χ4n) is 3.56. The molecule has 0 saturated heterocycles. The second-order valence-electron chi connectivity index (χ2n) is 7.25. The third-order valence-corrected chi connectivity index (χ3v) is 6.68.